The van der Waals surface area contributed by atoms with Crippen LogP contribution in [0.15, 0.2) is 24.5 Å². The summed E-state index contributed by atoms with van der Waals surface area (Å²) in [6.45, 7) is 8.47. The number of aliphatic hydroxyl groups is 1. The first-order chi connectivity index (χ1) is 13.9. The van der Waals surface area contributed by atoms with Crippen LogP contribution in [0.2, 0.25) is 0 Å². The Kier molecular flexibility index (Phi) is 5.44. The molecular formula is C20H28N6O3. The van der Waals surface area contributed by atoms with Crippen molar-refractivity contribution in [3.05, 3.63) is 30.2 Å². The van der Waals surface area contributed by atoms with E-state index in [1.54, 1.807) is 32.3 Å². The fourth-order valence-corrected chi connectivity index (χ4v) is 3.43. The van der Waals surface area contributed by atoms with Crippen molar-refractivity contribution in [3.8, 4) is 11.3 Å². The van der Waals surface area contributed by atoms with Gasteiger partial charge in [0.05, 0.1) is 37.3 Å². The first-order valence-corrected chi connectivity index (χ1v) is 9.81. The summed E-state index contributed by atoms with van der Waals surface area (Å²) in [5.74, 6) is 1.06. The Bertz CT molecular complexity index is 881. The van der Waals surface area contributed by atoms with Crippen LogP contribution >= 0.6 is 0 Å². The number of ether oxygens (including phenoxy) is 1. The molecule has 0 spiro atoms. The highest BCUT2D eigenvalue weighted by atomic mass is 16.5. The van der Waals surface area contributed by atoms with Gasteiger partial charge in [0.15, 0.2) is 11.6 Å². The number of anilines is 2. The van der Waals surface area contributed by atoms with Crippen LogP contribution in [-0.2, 0) is 15.1 Å². The number of morpholine rings is 1. The molecule has 0 aromatic carbocycles. The van der Waals surface area contributed by atoms with Crippen LogP contribution in [-0.4, -0.2) is 76.8 Å². The van der Waals surface area contributed by atoms with E-state index >= 15 is 0 Å². The third kappa shape index (κ3) is 4.52. The van der Waals surface area contributed by atoms with E-state index in [4.69, 9.17) is 9.72 Å². The van der Waals surface area contributed by atoms with Gasteiger partial charge in [-0.25, -0.2) is 9.97 Å². The average molecular weight is 400 g/mol. The number of hydrogen-bond acceptors (Lipinski definition) is 8. The fraction of sp³-hybridized carbons (Fsp3) is 0.500. The summed E-state index contributed by atoms with van der Waals surface area (Å²) in [6, 6.07) is 3.66. The summed E-state index contributed by atoms with van der Waals surface area (Å²) < 4.78 is 5.40. The van der Waals surface area contributed by atoms with Crippen LogP contribution < -0.4 is 10.2 Å². The number of amides is 1. The second kappa shape index (κ2) is 8.02. The minimum absolute atomic E-state index is 0. The van der Waals surface area contributed by atoms with E-state index in [0.29, 0.717) is 29.6 Å². The average Bonchev–Trinajstić information content (AvgIpc) is 2.72. The lowest BCUT2D eigenvalue weighted by Gasteiger charge is -2.32. The number of pyridine rings is 1. The van der Waals surface area contributed by atoms with Crippen molar-refractivity contribution in [3.63, 3.8) is 0 Å². The predicted octanol–water partition coefficient (Wildman–Crippen LogP) is 1.10. The molecule has 2 aromatic heterocycles. The quantitative estimate of drug-likeness (QED) is 0.769. The number of carbonyl (C=O) groups excluding carboxylic acids is 1. The molecule has 1 saturated heterocycles. The van der Waals surface area contributed by atoms with E-state index in [1.165, 1.54) is 0 Å². The lowest BCUT2D eigenvalue weighted by molar-refractivity contribution is -0.115. The third-order valence-electron chi connectivity index (χ3n) is 5.12. The molecule has 2 aliphatic rings. The SMILES string of the molecule is CC(C)(O)c1ccc(-c2cnc3c(n2)N(CCN2CCOCC2)CC(=O)N3)cn1.[HH]. The molecule has 29 heavy (non-hydrogen) atoms. The number of hydrogen-bond donors (Lipinski definition) is 2. The Labute approximate surface area is 171 Å². The second-order valence-corrected chi connectivity index (χ2v) is 7.84. The van der Waals surface area contributed by atoms with Crippen molar-refractivity contribution in [2.45, 2.75) is 19.4 Å². The summed E-state index contributed by atoms with van der Waals surface area (Å²) in [4.78, 5) is 29.9. The van der Waals surface area contributed by atoms with Gasteiger partial charge in [0.2, 0.25) is 5.91 Å². The molecule has 9 nitrogen and oxygen atoms in total. The zero-order valence-corrected chi connectivity index (χ0v) is 16.8. The lowest BCUT2D eigenvalue weighted by atomic mass is 10.0. The number of rotatable bonds is 5. The Morgan fingerprint density at radius 1 is 1.21 bits per heavy atom. The zero-order valence-electron chi connectivity index (χ0n) is 16.8. The molecule has 2 aromatic rings. The minimum atomic E-state index is -0.999. The molecular weight excluding hydrogens is 372 g/mol. The smallest absolute Gasteiger partial charge is 0.245 e. The molecule has 4 heterocycles. The second-order valence-electron chi connectivity index (χ2n) is 7.84. The van der Waals surface area contributed by atoms with Crippen LogP contribution in [0.1, 0.15) is 21.0 Å². The van der Waals surface area contributed by atoms with E-state index in [9.17, 15) is 9.90 Å². The summed E-state index contributed by atoms with van der Waals surface area (Å²) in [5.41, 5.74) is 1.07. The molecule has 2 aliphatic heterocycles. The summed E-state index contributed by atoms with van der Waals surface area (Å²) >= 11 is 0. The first kappa shape index (κ1) is 19.7. The van der Waals surface area contributed by atoms with Gasteiger partial charge in [0.1, 0.15) is 5.60 Å². The van der Waals surface area contributed by atoms with Gasteiger partial charge in [0.25, 0.3) is 0 Å². The van der Waals surface area contributed by atoms with Gasteiger partial charge in [0, 0.05) is 39.4 Å². The highest BCUT2D eigenvalue weighted by molar-refractivity contribution is 5.99. The topological polar surface area (TPSA) is 104 Å². The van der Waals surface area contributed by atoms with Crippen LogP contribution in [0.4, 0.5) is 11.6 Å². The van der Waals surface area contributed by atoms with Gasteiger partial charge in [-0.2, -0.15) is 0 Å². The number of nitrogens with zero attached hydrogens (tertiary/aromatic N) is 5. The van der Waals surface area contributed by atoms with Crippen molar-refractivity contribution < 1.29 is 16.1 Å². The molecule has 0 bridgehead atoms. The van der Waals surface area contributed by atoms with Crippen molar-refractivity contribution in [1.82, 2.24) is 19.9 Å². The Balaban J connectivity index is 0.00000256. The zero-order chi connectivity index (χ0) is 20.4. The van der Waals surface area contributed by atoms with E-state index in [2.05, 4.69) is 20.2 Å². The van der Waals surface area contributed by atoms with Crippen molar-refractivity contribution >= 4 is 17.5 Å². The Hall–Kier alpha value is -2.62. The third-order valence-corrected chi connectivity index (χ3v) is 5.12. The van der Waals surface area contributed by atoms with Gasteiger partial charge < -0.3 is 20.1 Å². The maximum atomic E-state index is 12.1. The molecule has 0 unspecified atom stereocenters. The Morgan fingerprint density at radius 3 is 2.69 bits per heavy atom. The molecule has 0 radical (unpaired) electrons. The number of carbonyl (C=O) groups is 1. The normalized spacial score (nSPS) is 17.8. The van der Waals surface area contributed by atoms with Crippen molar-refractivity contribution in [2.24, 2.45) is 0 Å². The van der Waals surface area contributed by atoms with Gasteiger partial charge in [-0.05, 0) is 26.0 Å². The maximum Gasteiger partial charge on any atom is 0.245 e. The van der Waals surface area contributed by atoms with Gasteiger partial charge >= 0.3 is 0 Å². The largest absolute Gasteiger partial charge is 0.384 e. The summed E-state index contributed by atoms with van der Waals surface area (Å²) in [6.07, 6.45) is 3.31. The minimum Gasteiger partial charge on any atom is -0.384 e. The molecule has 9 heteroatoms. The van der Waals surface area contributed by atoms with Gasteiger partial charge in [-0.3, -0.25) is 14.7 Å². The number of nitrogens with one attached hydrogen (secondary N) is 1. The van der Waals surface area contributed by atoms with Crippen LogP contribution in [0.5, 0.6) is 0 Å². The van der Waals surface area contributed by atoms with Crippen molar-refractivity contribution in [1.29, 1.82) is 0 Å². The monoisotopic (exact) mass is 400 g/mol. The molecule has 1 fully saturated rings. The molecule has 0 atom stereocenters. The standard InChI is InChI=1S/C20H26N6O3.H2/c1-20(2,28)16-4-3-14(11-21-16)15-12-22-18-19(23-15)26(13-17(27)24-18)6-5-25-7-9-29-10-8-25;/h3-4,11-12,28H,5-10,13H2,1-2H3,(H,22,24,27);1H. The predicted molar refractivity (Wildman–Crippen MR) is 111 cm³/mol. The van der Waals surface area contributed by atoms with E-state index in [-0.39, 0.29) is 13.9 Å². The number of fused-ring (bicyclic) bond motifs is 1. The maximum absolute atomic E-state index is 12.1. The van der Waals surface area contributed by atoms with Gasteiger partial charge in [-0.15, -0.1) is 0 Å². The summed E-state index contributed by atoms with van der Waals surface area (Å²) in [7, 11) is 0. The fourth-order valence-electron chi connectivity index (χ4n) is 3.43. The first-order valence-electron chi connectivity index (χ1n) is 9.81. The van der Waals surface area contributed by atoms with E-state index in [0.717, 1.165) is 38.4 Å². The molecule has 0 aliphatic carbocycles. The van der Waals surface area contributed by atoms with Crippen LogP contribution in [0.25, 0.3) is 11.3 Å². The van der Waals surface area contributed by atoms with Crippen LogP contribution in [0, 0.1) is 0 Å². The van der Waals surface area contributed by atoms with E-state index < -0.39 is 5.60 Å². The number of aromatic nitrogens is 3. The molecule has 156 valence electrons. The van der Waals surface area contributed by atoms with E-state index in [1.807, 2.05) is 11.0 Å². The molecule has 0 saturated carbocycles. The molecule has 1 amide bonds. The molecule has 4 rings (SSSR count). The van der Waals surface area contributed by atoms with Crippen LogP contribution in [0.3, 0.4) is 0 Å². The van der Waals surface area contributed by atoms with Crippen molar-refractivity contribution in [2.75, 3.05) is 56.2 Å². The summed E-state index contributed by atoms with van der Waals surface area (Å²) in [5, 5.41) is 12.9. The Morgan fingerprint density at radius 2 is 2.00 bits per heavy atom. The highest BCUT2D eigenvalue weighted by Crippen LogP contribution is 2.29. The van der Waals surface area contributed by atoms with Gasteiger partial charge in [-0.1, -0.05) is 0 Å². The lowest BCUT2D eigenvalue weighted by Crippen LogP contribution is -2.45. The highest BCUT2D eigenvalue weighted by Gasteiger charge is 2.26. The molecule has 2 N–H and O–H groups in total.